The van der Waals surface area contributed by atoms with E-state index in [1.54, 1.807) is 0 Å². The lowest BCUT2D eigenvalue weighted by Crippen LogP contribution is -2.43. The maximum absolute atomic E-state index is 11.7. The number of hydrogen-bond acceptors (Lipinski definition) is 3. The number of urea groups is 1. The second kappa shape index (κ2) is 5.92. The summed E-state index contributed by atoms with van der Waals surface area (Å²) in [7, 11) is 0. The average molecular weight is 274 g/mol. The van der Waals surface area contributed by atoms with Crippen LogP contribution in [-0.4, -0.2) is 41.8 Å². The SMILES string of the molecule is O=C(NCCc1nc2ccccc2[nH]1)NC1CCOC1. The van der Waals surface area contributed by atoms with Gasteiger partial charge in [0.15, 0.2) is 0 Å². The molecule has 1 saturated heterocycles. The number of H-pyrrole nitrogens is 1. The highest BCUT2D eigenvalue weighted by molar-refractivity contribution is 5.75. The number of ether oxygens (including phenoxy) is 1. The number of nitrogens with one attached hydrogen (secondary N) is 3. The Morgan fingerprint density at radius 3 is 3.15 bits per heavy atom. The van der Waals surface area contributed by atoms with Crippen LogP contribution in [0.1, 0.15) is 12.2 Å². The van der Waals surface area contributed by atoms with Crippen molar-refractivity contribution in [2.24, 2.45) is 0 Å². The number of carbonyl (C=O) groups excluding carboxylic acids is 1. The van der Waals surface area contributed by atoms with Crippen LogP contribution >= 0.6 is 0 Å². The molecule has 0 radical (unpaired) electrons. The van der Waals surface area contributed by atoms with Crippen LogP contribution < -0.4 is 10.6 Å². The molecule has 1 atom stereocenters. The zero-order valence-electron chi connectivity index (χ0n) is 11.2. The van der Waals surface area contributed by atoms with Crippen LogP contribution in [0.4, 0.5) is 4.79 Å². The van der Waals surface area contributed by atoms with Crippen molar-refractivity contribution in [1.29, 1.82) is 0 Å². The van der Waals surface area contributed by atoms with Gasteiger partial charge in [-0.3, -0.25) is 0 Å². The van der Waals surface area contributed by atoms with Gasteiger partial charge < -0.3 is 20.4 Å². The van der Waals surface area contributed by atoms with E-state index in [2.05, 4.69) is 20.6 Å². The Morgan fingerprint density at radius 1 is 1.45 bits per heavy atom. The quantitative estimate of drug-likeness (QED) is 0.783. The van der Waals surface area contributed by atoms with Crippen LogP contribution in [0.3, 0.4) is 0 Å². The maximum atomic E-state index is 11.7. The first-order valence-corrected chi connectivity index (χ1v) is 6.87. The highest BCUT2D eigenvalue weighted by Crippen LogP contribution is 2.10. The molecule has 1 aliphatic rings. The Kier molecular flexibility index (Phi) is 3.83. The van der Waals surface area contributed by atoms with Crippen LogP contribution in [0.25, 0.3) is 11.0 Å². The number of fused-ring (bicyclic) bond motifs is 1. The van der Waals surface area contributed by atoms with E-state index >= 15 is 0 Å². The number of aromatic nitrogens is 2. The average Bonchev–Trinajstić information content (AvgIpc) is 3.07. The molecule has 3 N–H and O–H groups in total. The molecule has 106 valence electrons. The zero-order valence-corrected chi connectivity index (χ0v) is 11.2. The van der Waals surface area contributed by atoms with Gasteiger partial charge in [0, 0.05) is 19.6 Å². The predicted molar refractivity (Wildman–Crippen MR) is 75.6 cm³/mol. The Balaban J connectivity index is 1.45. The number of benzene rings is 1. The first-order chi connectivity index (χ1) is 9.81. The lowest BCUT2D eigenvalue weighted by molar-refractivity contribution is 0.188. The van der Waals surface area contributed by atoms with Gasteiger partial charge in [-0.25, -0.2) is 9.78 Å². The van der Waals surface area contributed by atoms with Gasteiger partial charge in [0.25, 0.3) is 0 Å². The molecular weight excluding hydrogens is 256 g/mol. The number of para-hydroxylation sites is 2. The number of rotatable bonds is 4. The molecule has 1 aliphatic heterocycles. The third-order valence-electron chi connectivity index (χ3n) is 3.35. The van der Waals surface area contributed by atoms with E-state index in [-0.39, 0.29) is 12.1 Å². The van der Waals surface area contributed by atoms with Gasteiger partial charge in [0.1, 0.15) is 5.82 Å². The van der Waals surface area contributed by atoms with Gasteiger partial charge in [-0.1, -0.05) is 12.1 Å². The lowest BCUT2D eigenvalue weighted by Gasteiger charge is -2.11. The number of nitrogens with zero attached hydrogens (tertiary/aromatic N) is 1. The number of aromatic amines is 1. The fourth-order valence-corrected chi connectivity index (χ4v) is 2.30. The minimum absolute atomic E-state index is 0.140. The van der Waals surface area contributed by atoms with Crippen molar-refractivity contribution in [2.45, 2.75) is 18.9 Å². The number of imidazole rings is 1. The summed E-state index contributed by atoms with van der Waals surface area (Å²) in [5, 5.41) is 5.72. The molecule has 0 saturated carbocycles. The summed E-state index contributed by atoms with van der Waals surface area (Å²) in [6, 6.07) is 7.89. The van der Waals surface area contributed by atoms with Crippen molar-refractivity contribution in [3.8, 4) is 0 Å². The summed E-state index contributed by atoms with van der Waals surface area (Å²) in [5.41, 5.74) is 1.98. The first-order valence-electron chi connectivity index (χ1n) is 6.87. The minimum Gasteiger partial charge on any atom is -0.379 e. The Labute approximate surface area is 116 Å². The van der Waals surface area contributed by atoms with Gasteiger partial charge in [0.05, 0.1) is 23.7 Å². The summed E-state index contributed by atoms with van der Waals surface area (Å²) < 4.78 is 5.21. The fourth-order valence-electron chi connectivity index (χ4n) is 2.30. The second-order valence-electron chi connectivity index (χ2n) is 4.91. The molecule has 2 heterocycles. The van der Waals surface area contributed by atoms with E-state index in [9.17, 15) is 4.79 Å². The minimum atomic E-state index is -0.142. The first kappa shape index (κ1) is 12.9. The summed E-state index contributed by atoms with van der Waals surface area (Å²) in [6.07, 6.45) is 1.57. The number of carbonyl (C=O) groups is 1. The number of amides is 2. The summed E-state index contributed by atoms with van der Waals surface area (Å²) in [5.74, 6) is 0.885. The Hall–Kier alpha value is -2.08. The zero-order chi connectivity index (χ0) is 13.8. The normalized spacial score (nSPS) is 18.3. The third kappa shape index (κ3) is 3.08. The molecule has 3 rings (SSSR count). The molecule has 0 aliphatic carbocycles. The van der Waals surface area contributed by atoms with E-state index < -0.39 is 0 Å². The summed E-state index contributed by atoms with van der Waals surface area (Å²) >= 11 is 0. The van der Waals surface area contributed by atoms with Crippen molar-refractivity contribution < 1.29 is 9.53 Å². The van der Waals surface area contributed by atoms with E-state index in [4.69, 9.17) is 4.74 Å². The molecule has 0 bridgehead atoms. The molecule has 1 aromatic carbocycles. The molecule has 6 heteroatoms. The predicted octanol–water partition coefficient (Wildman–Crippen LogP) is 1.19. The topological polar surface area (TPSA) is 79.0 Å². The highest BCUT2D eigenvalue weighted by Gasteiger charge is 2.17. The van der Waals surface area contributed by atoms with Crippen LogP contribution in [0.5, 0.6) is 0 Å². The summed E-state index contributed by atoms with van der Waals surface area (Å²) in [4.78, 5) is 19.4. The van der Waals surface area contributed by atoms with Gasteiger partial charge >= 0.3 is 6.03 Å². The highest BCUT2D eigenvalue weighted by atomic mass is 16.5. The van der Waals surface area contributed by atoms with Crippen molar-refractivity contribution in [2.75, 3.05) is 19.8 Å². The van der Waals surface area contributed by atoms with E-state index in [0.29, 0.717) is 19.6 Å². The van der Waals surface area contributed by atoms with Crippen molar-refractivity contribution in [3.63, 3.8) is 0 Å². The van der Waals surface area contributed by atoms with E-state index in [1.807, 2.05) is 24.3 Å². The fraction of sp³-hybridized carbons (Fsp3) is 0.429. The van der Waals surface area contributed by atoms with Gasteiger partial charge in [-0.15, -0.1) is 0 Å². The van der Waals surface area contributed by atoms with Crippen molar-refractivity contribution in [3.05, 3.63) is 30.1 Å². The third-order valence-corrected chi connectivity index (χ3v) is 3.35. The van der Waals surface area contributed by atoms with Gasteiger partial charge in [0.2, 0.25) is 0 Å². The van der Waals surface area contributed by atoms with Gasteiger partial charge in [-0.2, -0.15) is 0 Å². The Morgan fingerprint density at radius 2 is 2.35 bits per heavy atom. The lowest BCUT2D eigenvalue weighted by atomic mass is 10.3. The molecule has 6 nitrogen and oxygen atoms in total. The smallest absolute Gasteiger partial charge is 0.315 e. The molecule has 2 amide bonds. The van der Waals surface area contributed by atoms with Crippen LogP contribution in [0.15, 0.2) is 24.3 Å². The van der Waals surface area contributed by atoms with E-state index in [0.717, 1.165) is 29.9 Å². The Bertz CT molecular complexity index is 557. The largest absolute Gasteiger partial charge is 0.379 e. The van der Waals surface area contributed by atoms with Gasteiger partial charge in [-0.05, 0) is 18.6 Å². The van der Waals surface area contributed by atoms with E-state index in [1.165, 1.54) is 0 Å². The van der Waals surface area contributed by atoms with Crippen molar-refractivity contribution in [1.82, 2.24) is 20.6 Å². The molecule has 1 aromatic heterocycles. The van der Waals surface area contributed by atoms with Crippen LogP contribution in [0.2, 0.25) is 0 Å². The van der Waals surface area contributed by atoms with Crippen molar-refractivity contribution >= 4 is 17.1 Å². The molecule has 1 fully saturated rings. The molecule has 1 unspecified atom stereocenters. The maximum Gasteiger partial charge on any atom is 0.315 e. The van der Waals surface area contributed by atoms with Crippen LogP contribution in [-0.2, 0) is 11.2 Å². The molecule has 0 spiro atoms. The monoisotopic (exact) mass is 274 g/mol. The standard InChI is InChI=1S/C14H18N4O2/c19-14(16-10-6-8-20-9-10)15-7-5-13-17-11-3-1-2-4-12(11)18-13/h1-4,10H,5-9H2,(H,17,18)(H2,15,16,19). The molecule has 2 aromatic rings. The molecular formula is C14H18N4O2. The summed E-state index contributed by atoms with van der Waals surface area (Å²) in [6.45, 7) is 1.89. The van der Waals surface area contributed by atoms with Crippen LogP contribution in [0, 0.1) is 0 Å². The number of hydrogen-bond donors (Lipinski definition) is 3. The molecule has 20 heavy (non-hydrogen) atoms. The second-order valence-corrected chi connectivity index (χ2v) is 4.91.